The molecule has 0 radical (unpaired) electrons. The number of aryl methyl sites for hydroxylation is 2. The Bertz CT molecular complexity index is 1380. The van der Waals surface area contributed by atoms with Crippen molar-refractivity contribution in [2.75, 3.05) is 11.1 Å². The molecule has 0 aliphatic carbocycles. The number of carbonyl (C=O) groups excluding carboxylic acids is 1. The number of hydrogen-bond acceptors (Lipinski definition) is 5. The zero-order chi connectivity index (χ0) is 25.2. The summed E-state index contributed by atoms with van der Waals surface area (Å²) in [7, 11) is 0. The summed E-state index contributed by atoms with van der Waals surface area (Å²) in [5.74, 6) is -0.0814. The van der Waals surface area contributed by atoms with Crippen molar-refractivity contribution in [2.45, 2.75) is 25.2 Å². The third-order valence-electron chi connectivity index (χ3n) is 5.22. The standard InChI is InChI=1S/C24H19ClF3N5OS/c1-14-3-5-18(11-15(14)2)33-22(16-7-9-29-10-8-16)31-32-23(33)35-13-21(34)30-20-12-17(24(26,27)28)4-6-19(20)25/h3-12H,13H2,1-2H3,(H,30,34). The number of halogens is 4. The summed E-state index contributed by atoms with van der Waals surface area (Å²) in [5, 5.41) is 11.5. The molecule has 4 aromatic rings. The minimum atomic E-state index is -4.55. The third kappa shape index (κ3) is 5.66. The lowest BCUT2D eigenvalue weighted by Gasteiger charge is -2.13. The molecule has 0 unspecified atom stereocenters. The molecule has 0 aliphatic heterocycles. The largest absolute Gasteiger partial charge is 0.416 e. The van der Waals surface area contributed by atoms with Gasteiger partial charge in [-0.3, -0.25) is 14.3 Å². The lowest BCUT2D eigenvalue weighted by atomic mass is 10.1. The second kappa shape index (κ2) is 10.1. The molecule has 0 atom stereocenters. The van der Waals surface area contributed by atoms with Crippen molar-refractivity contribution < 1.29 is 18.0 Å². The van der Waals surface area contributed by atoms with Crippen molar-refractivity contribution in [1.29, 1.82) is 0 Å². The van der Waals surface area contributed by atoms with Gasteiger partial charge in [0.15, 0.2) is 11.0 Å². The van der Waals surface area contributed by atoms with Crippen LogP contribution in [-0.4, -0.2) is 31.4 Å². The predicted octanol–water partition coefficient (Wildman–Crippen LogP) is 6.35. The van der Waals surface area contributed by atoms with Crippen LogP contribution in [0.4, 0.5) is 18.9 Å². The second-order valence-electron chi connectivity index (χ2n) is 7.68. The van der Waals surface area contributed by atoms with Gasteiger partial charge in [0.25, 0.3) is 0 Å². The molecule has 180 valence electrons. The van der Waals surface area contributed by atoms with Crippen LogP contribution in [0.2, 0.25) is 5.02 Å². The smallest absolute Gasteiger partial charge is 0.324 e. The Balaban J connectivity index is 1.60. The van der Waals surface area contributed by atoms with Crippen molar-refractivity contribution in [1.82, 2.24) is 19.7 Å². The van der Waals surface area contributed by atoms with Gasteiger partial charge in [-0.15, -0.1) is 10.2 Å². The number of nitrogens with one attached hydrogen (secondary N) is 1. The van der Waals surface area contributed by atoms with E-state index in [1.165, 1.54) is 0 Å². The van der Waals surface area contributed by atoms with Crippen LogP contribution in [0.1, 0.15) is 16.7 Å². The number of nitrogens with zero attached hydrogens (tertiary/aromatic N) is 4. The van der Waals surface area contributed by atoms with Crippen LogP contribution in [0, 0.1) is 13.8 Å². The van der Waals surface area contributed by atoms with E-state index >= 15 is 0 Å². The molecule has 0 saturated heterocycles. The Morgan fingerprint density at radius 2 is 1.77 bits per heavy atom. The number of carbonyl (C=O) groups is 1. The van der Waals surface area contributed by atoms with E-state index in [-0.39, 0.29) is 16.5 Å². The molecule has 2 aromatic heterocycles. The van der Waals surface area contributed by atoms with Crippen LogP contribution < -0.4 is 5.32 Å². The van der Waals surface area contributed by atoms with Gasteiger partial charge in [-0.05, 0) is 67.4 Å². The fourth-order valence-corrected chi connectivity index (χ4v) is 4.18. The zero-order valence-corrected chi connectivity index (χ0v) is 20.2. The number of alkyl halides is 3. The number of anilines is 1. The molecular formula is C24H19ClF3N5OS. The molecule has 0 spiro atoms. The van der Waals surface area contributed by atoms with E-state index in [9.17, 15) is 18.0 Å². The fraction of sp³-hybridized carbons (Fsp3) is 0.167. The van der Waals surface area contributed by atoms with E-state index in [0.717, 1.165) is 52.3 Å². The molecular weight excluding hydrogens is 499 g/mol. The van der Waals surface area contributed by atoms with Crippen molar-refractivity contribution in [3.8, 4) is 17.1 Å². The molecule has 0 fully saturated rings. The maximum atomic E-state index is 13.0. The van der Waals surface area contributed by atoms with Crippen LogP contribution in [0.3, 0.4) is 0 Å². The van der Waals surface area contributed by atoms with Gasteiger partial charge in [-0.2, -0.15) is 13.2 Å². The number of thioether (sulfide) groups is 1. The van der Waals surface area contributed by atoms with Crippen LogP contribution in [0.15, 0.2) is 66.1 Å². The third-order valence-corrected chi connectivity index (χ3v) is 6.48. The SMILES string of the molecule is Cc1ccc(-n2c(SCC(=O)Nc3cc(C(F)(F)F)ccc3Cl)nnc2-c2ccncc2)cc1C. The predicted molar refractivity (Wildman–Crippen MR) is 130 cm³/mol. The first-order valence-corrected chi connectivity index (χ1v) is 11.7. The maximum absolute atomic E-state index is 13.0. The summed E-state index contributed by atoms with van der Waals surface area (Å²) in [6.45, 7) is 4.00. The Morgan fingerprint density at radius 3 is 2.46 bits per heavy atom. The summed E-state index contributed by atoms with van der Waals surface area (Å²) < 4.78 is 40.9. The highest BCUT2D eigenvalue weighted by molar-refractivity contribution is 7.99. The first-order valence-electron chi connectivity index (χ1n) is 10.4. The Hall–Kier alpha value is -3.37. The summed E-state index contributed by atoms with van der Waals surface area (Å²) in [4.78, 5) is 16.6. The number of rotatable bonds is 6. The lowest BCUT2D eigenvalue weighted by molar-refractivity contribution is -0.137. The first kappa shape index (κ1) is 24.7. The normalized spacial score (nSPS) is 11.5. The Morgan fingerprint density at radius 1 is 1.03 bits per heavy atom. The van der Waals surface area contributed by atoms with Gasteiger partial charge in [-0.25, -0.2) is 0 Å². The van der Waals surface area contributed by atoms with Gasteiger partial charge in [-0.1, -0.05) is 29.4 Å². The highest BCUT2D eigenvalue weighted by atomic mass is 35.5. The fourth-order valence-electron chi connectivity index (χ4n) is 3.26. The van der Waals surface area contributed by atoms with E-state index < -0.39 is 17.6 Å². The van der Waals surface area contributed by atoms with Crippen molar-refractivity contribution in [2.24, 2.45) is 0 Å². The van der Waals surface area contributed by atoms with Gasteiger partial charge in [0.2, 0.25) is 5.91 Å². The van der Waals surface area contributed by atoms with Gasteiger partial charge < -0.3 is 5.32 Å². The minimum absolute atomic E-state index is 0.00891. The lowest BCUT2D eigenvalue weighted by Crippen LogP contribution is -2.16. The van der Waals surface area contributed by atoms with E-state index in [0.29, 0.717) is 11.0 Å². The van der Waals surface area contributed by atoms with Crippen LogP contribution in [-0.2, 0) is 11.0 Å². The quantitative estimate of drug-likeness (QED) is 0.302. The number of benzene rings is 2. The average molecular weight is 518 g/mol. The molecule has 2 aromatic carbocycles. The topological polar surface area (TPSA) is 72.7 Å². The summed E-state index contributed by atoms with van der Waals surface area (Å²) in [6, 6.07) is 12.3. The second-order valence-corrected chi connectivity index (χ2v) is 9.02. The summed E-state index contributed by atoms with van der Waals surface area (Å²) in [6.07, 6.45) is -1.26. The first-order chi connectivity index (χ1) is 16.6. The Kier molecular flexibility index (Phi) is 7.13. The molecule has 4 rings (SSSR count). The zero-order valence-electron chi connectivity index (χ0n) is 18.6. The van der Waals surface area contributed by atoms with E-state index in [2.05, 4.69) is 20.5 Å². The number of amides is 1. The van der Waals surface area contributed by atoms with Gasteiger partial charge in [0.05, 0.1) is 27.7 Å². The maximum Gasteiger partial charge on any atom is 0.416 e. The van der Waals surface area contributed by atoms with E-state index in [1.54, 1.807) is 24.5 Å². The van der Waals surface area contributed by atoms with Gasteiger partial charge >= 0.3 is 6.18 Å². The van der Waals surface area contributed by atoms with Gasteiger partial charge in [0.1, 0.15) is 0 Å². The Labute approximate surface area is 208 Å². The molecule has 6 nitrogen and oxygen atoms in total. The van der Waals surface area contributed by atoms with E-state index in [1.807, 2.05) is 36.6 Å². The molecule has 0 aliphatic rings. The molecule has 35 heavy (non-hydrogen) atoms. The van der Waals surface area contributed by atoms with Crippen molar-refractivity contribution in [3.05, 3.63) is 82.6 Å². The van der Waals surface area contributed by atoms with Crippen molar-refractivity contribution >= 4 is 35.0 Å². The molecule has 2 heterocycles. The molecule has 1 amide bonds. The van der Waals surface area contributed by atoms with Crippen molar-refractivity contribution in [3.63, 3.8) is 0 Å². The van der Waals surface area contributed by atoms with Crippen LogP contribution in [0.25, 0.3) is 17.1 Å². The molecule has 11 heteroatoms. The number of pyridine rings is 1. The minimum Gasteiger partial charge on any atom is -0.324 e. The average Bonchev–Trinajstić information content (AvgIpc) is 3.25. The van der Waals surface area contributed by atoms with Crippen LogP contribution >= 0.6 is 23.4 Å². The monoisotopic (exact) mass is 517 g/mol. The molecule has 0 bridgehead atoms. The highest BCUT2D eigenvalue weighted by Gasteiger charge is 2.31. The number of hydrogen-bond donors (Lipinski definition) is 1. The molecule has 1 N–H and O–H groups in total. The summed E-state index contributed by atoms with van der Waals surface area (Å²) >= 11 is 7.10. The highest BCUT2D eigenvalue weighted by Crippen LogP contribution is 2.34. The van der Waals surface area contributed by atoms with Gasteiger partial charge in [0, 0.05) is 18.0 Å². The van der Waals surface area contributed by atoms with Crippen LogP contribution in [0.5, 0.6) is 0 Å². The van der Waals surface area contributed by atoms with E-state index in [4.69, 9.17) is 11.6 Å². The molecule has 0 saturated carbocycles. The number of aromatic nitrogens is 4. The summed E-state index contributed by atoms with van der Waals surface area (Å²) in [5.41, 5.74) is 2.79.